The van der Waals surface area contributed by atoms with E-state index in [1.807, 2.05) is 25.1 Å². The molecule has 4 bridgehead atoms. The van der Waals surface area contributed by atoms with Gasteiger partial charge in [-0.2, -0.15) is 0 Å². The minimum Gasteiger partial charge on any atom is -0.497 e. The van der Waals surface area contributed by atoms with Crippen molar-refractivity contribution in [3.63, 3.8) is 0 Å². The van der Waals surface area contributed by atoms with Crippen molar-refractivity contribution in [1.29, 1.82) is 0 Å². The van der Waals surface area contributed by atoms with Gasteiger partial charge in [-0.1, -0.05) is 29.3 Å². The molecule has 6 nitrogen and oxygen atoms in total. The van der Waals surface area contributed by atoms with E-state index >= 15 is 0 Å². The summed E-state index contributed by atoms with van der Waals surface area (Å²) in [5, 5.41) is 0. The first-order chi connectivity index (χ1) is 15.1. The van der Waals surface area contributed by atoms with Gasteiger partial charge >= 0.3 is 12.1 Å². The predicted molar refractivity (Wildman–Crippen MR) is 113 cm³/mol. The number of hydrogen-bond acceptors (Lipinski definition) is 5. The molecule has 2 heterocycles. The number of carbonyl (C=O) groups is 2. The number of esters is 1. The Morgan fingerprint density at radius 1 is 1.19 bits per heavy atom. The zero-order chi connectivity index (χ0) is 21.7. The maximum Gasteiger partial charge on any atom is 0.415 e. The number of fused-ring (bicyclic) bond motifs is 3. The van der Waals surface area contributed by atoms with Crippen molar-refractivity contribution < 1.29 is 23.8 Å². The zero-order valence-corrected chi connectivity index (χ0v) is 17.5. The monoisotopic (exact) mass is 415 g/mol. The summed E-state index contributed by atoms with van der Waals surface area (Å²) in [6.45, 7) is 2.34. The van der Waals surface area contributed by atoms with Crippen LogP contribution in [0.15, 0.2) is 41.5 Å². The first-order valence-electron chi connectivity index (χ1n) is 10.2. The molecule has 0 spiro atoms. The molecule has 6 heteroatoms. The average Bonchev–Trinajstić information content (AvgIpc) is 3.17. The van der Waals surface area contributed by atoms with Crippen molar-refractivity contribution in [2.45, 2.75) is 18.9 Å². The molecule has 156 valence electrons. The van der Waals surface area contributed by atoms with Crippen LogP contribution in [0.3, 0.4) is 0 Å². The molecule has 1 aromatic carbocycles. The number of carbonyl (C=O) groups excluding carboxylic acids is 2. The summed E-state index contributed by atoms with van der Waals surface area (Å²) in [5.41, 5.74) is 3.59. The zero-order valence-electron chi connectivity index (χ0n) is 17.5. The Morgan fingerprint density at radius 2 is 1.97 bits per heavy atom. The van der Waals surface area contributed by atoms with Gasteiger partial charge < -0.3 is 14.2 Å². The smallest absolute Gasteiger partial charge is 0.415 e. The molecule has 2 unspecified atom stereocenters. The minimum atomic E-state index is -0.526. The number of anilines is 1. The second-order valence-corrected chi connectivity index (χ2v) is 7.98. The second kappa shape index (κ2) is 7.25. The summed E-state index contributed by atoms with van der Waals surface area (Å²) < 4.78 is 16.1. The van der Waals surface area contributed by atoms with E-state index in [0.717, 1.165) is 16.7 Å². The van der Waals surface area contributed by atoms with Gasteiger partial charge in [-0.3, -0.25) is 9.69 Å². The lowest BCUT2D eigenvalue weighted by atomic mass is 9.60. The third kappa shape index (κ3) is 2.75. The summed E-state index contributed by atoms with van der Waals surface area (Å²) >= 11 is 0. The fourth-order valence-electron chi connectivity index (χ4n) is 5.31. The largest absolute Gasteiger partial charge is 0.497 e. The number of ether oxygens (including phenoxy) is 3. The third-order valence-corrected chi connectivity index (χ3v) is 6.68. The molecule has 1 fully saturated rings. The highest BCUT2D eigenvalue weighted by atomic mass is 16.5. The topological polar surface area (TPSA) is 65.1 Å². The van der Waals surface area contributed by atoms with E-state index in [9.17, 15) is 9.59 Å². The van der Waals surface area contributed by atoms with Crippen molar-refractivity contribution >= 4 is 17.7 Å². The van der Waals surface area contributed by atoms with Crippen molar-refractivity contribution in [3.8, 4) is 29.4 Å². The molecule has 31 heavy (non-hydrogen) atoms. The Balaban J connectivity index is 1.86. The molecule has 0 N–H and O–H groups in total. The maximum atomic E-state index is 12.9. The Kier molecular flexibility index (Phi) is 4.52. The van der Waals surface area contributed by atoms with Crippen LogP contribution in [0.4, 0.5) is 10.5 Å². The van der Waals surface area contributed by atoms with E-state index < -0.39 is 12.1 Å². The molecule has 0 saturated carbocycles. The number of nitrogens with zero attached hydrogens (tertiary/aromatic N) is 1. The molecule has 5 atom stereocenters. The Hall–Kier alpha value is -3.64. The molecular formula is C25H21NO5. The molecule has 1 aromatic rings. The summed E-state index contributed by atoms with van der Waals surface area (Å²) in [6, 6.07) is 5.05. The number of rotatable bonds is 1. The molecule has 0 aromatic heterocycles. The highest BCUT2D eigenvalue weighted by Gasteiger charge is 2.55. The molecular weight excluding hydrogens is 394 g/mol. The number of benzene rings is 1. The van der Waals surface area contributed by atoms with E-state index in [2.05, 4.69) is 23.7 Å². The number of cyclic esters (lactones) is 1. The van der Waals surface area contributed by atoms with Crippen LogP contribution >= 0.6 is 0 Å². The highest BCUT2D eigenvalue weighted by molar-refractivity contribution is 5.93. The quantitative estimate of drug-likeness (QED) is 0.401. The van der Waals surface area contributed by atoms with E-state index in [4.69, 9.17) is 14.2 Å². The van der Waals surface area contributed by atoms with Crippen molar-refractivity contribution in [2.75, 3.05) is 25.7 Å². The van der Waals surface area contributed by atoms with Gasteiger partial charge in [-0.15, -0.1) is 0 Å². The first-order valence-corrected chi connectivity index (χ1v) is 10.2. The van der Waals surface area contributed by atoms with Crippen LogP contribution in [-0.4, -0.2) is 38.9 Å². The summed E-state index contributed by atoms with van der Waals surface area (Å²) in [6.07, 6.45) is 2.86. The number of amides is 1. The van der Waals surface area contributed by atoms with Crippen molar-refractivity contribution in [1.82, 2.24) is 0 Å². The van der Waals surface area contributed by atoms with E-state index in [1.54, 1.807) is 24.2 Å². The van der Waals surface area contributed by atoms with Crippen LogP contribution in [-0.2, 0) is 14.3 Å². The Labute approximate surface area is 180 Å². The van der Waals surface area contributed by atoms with Crippen LogP contribution < -0.4 is 9.64 Å². The van der Waals surface area contributed by atoms with Gasteiger partial charge in [0.15, 0.2) is 0 Å². The summed E-state index contributed by atoms with van der Waals surface area (Å²) in [7, 11) is 2.96. The van der Waals surface area contributed by atoms with E-state index in [-0.39, 0.29) is 29.6 Å². The van der Waals surface area contributed by atoms with Gasteiger partial charge in [-0.25, -0.2) is 4.79 Å². The van der Waals surface area contributed by atoms with E-state index in [1.165, 1.54) is 7.11 Å². The molecule has 4 aliphatic rings. The lowest BCUT2D eigenvalue weighted by Crippen LogP contribution is -2.50. The van der Waals surface area contributed by atoms with E-state index in [0.29, 0.717) is 18.0 Å². The molecule has 1 amide bonds. The summed E-state index contributed by atoms with van der Waals surface area (Å²) in [5.74, 6) is 12.2. The minimum absolute atomic E-state index is 0.0857. The summed E-state index contributed by atoms with van der Waals surface area (Å²) in [4.78, 5) is 27.3. The fourth-order valence-corrected chi connectivity index (χ4v) is 5.31. The first kappa shape index (κ1) is 19.3. The van der Waals surface area contributed by atoms with Crippen LogP contribution in [0.2, 0.25) is 0 Å². The van der Waals surface area contributed by atoms with Gasteiger partial charge in [0.1, 0.15) is 11.8 Å². The van der Waals surface area contributed by atoms with Crippen molar-refractivity contribution in [2.24, 2.45) is 17.8 Å². The molecule has 2 aliphatic heterocycles. The third-order valence-electron chi connectivity index (χ3n) is 6.68. The molecule has 0 radical (unpaired) electrons. The van der Waals surface area contributed by atoms with Crippen LogP contribution in [0.5, 0.6) is 5.75 Å². The Morgan fingerprint density at radius 3 is 2.71 bits per heavy atom. The standard InChI is InChI=1S/C25H21NO5/c1-14-18-13-31-24(27)23(18)16-8-6-4-5-7-9-20-21(14)22(16)17-12-15(29-2)10-11-19(17)26(20)25(28)30-3/h4-5,10-12,16,18,20,22-23H,13H2,1-3H3/b5-4-/t16?,18-,20?,22+,23-/m1/s1. The lowest BCUT2D eigenvalue weighted by Gasteiger charge is -2.47. The van der Waals surface area contributed by atoms with Gasteiger partial charge in [0.05, 0.1) is 32.4 Å². The predicted octanol–water partition coefficient (Wildman–Crippen LogP) is 3.05. The van der Waals surface area contributed by atoms with Gasteiger partial charge in [-0.05, 0) is 48.4 Å². The number of methoxy groups -OCH3 is 2. The van der Waals surface area contributed by atoms with Gasteiger partial charge in [0, 0.05) is 17.8 Å². The fraction of sp³-hybridized carbons (Fsp3) is 0.360. The number of hydrogen-bond donors (Lipinski definition) is 0. The van der Waals surface area contributed by atoms with Crippen LogP contribution in [0.1, 0.15) is 18.4 Å². The Bertz CT molecular complexity index is 1170. The molecule has 2 aliphatic carbocycles. The molecule has 1 saturated heterocycles. The van der Waals surface area contributed by atoms with Crippen molar-refractivity contribution in [3.05, 3.63) is 47.1 Å². The van der Waals surface area contributed by atoms with Crippen LogP contribution in [0, 0.1) is 41.4 Å². The second-order valence-electron chi connectivity index (χ2n) is 7.98. The number of allylic oxidation sites excluding steroid dienone is 2. The normalized spacial score (nSPS) is 30.5. The highest BCUT2D eigenvalue weighted by Crippen LogP contribution is 2.56. The SMILES string of the molecule is COC(=O)N1c2ccc(OC)cc2[C@H]2C3=C(C)[C@H]4COC(=O)[C@@H]4C2C#C/C=C\C#CC31. The van der Waals surface area contributed by atoms with Gasteiger partial charge in [0.2, 0.25) is 0 Å². The van der Waals surface area contributed by atoms with Gasteiger partial charge in [0.25, 0.3) is 0 Å². The van der Waals surface area contributed by atoms with Crippen LogP contribution in [0.25, 0.3) is 0 Å². The molecule has 5 rings (SSSR count). The maximum absolute atomic E-state index is 12.9. The lowest BCUT2D eigenvalue weighted by molar-refractivity contribution is -0.142. The average molecular weight is 415 g/mol.